The Bertz CT molecular complexity index is 328. The fourth-order valence-corrected chi connectivity index (χ4v) is 3.67. The first-order valence-electron chi connectivity index (χ1n) is 9.03. The molecule has 0 saturated carbocycles. The number of likely N-dealkylation sites (tertiary alicyclic amines) is 2. The molecule has 0 aromatic carbocycles. The van der Waals surface area contributed by atoms with Gasteiger partial charge in [-0.3, -0.25) is 4.79 Å². The molecule has 0 aromatic heterocycles. The lowest BCUT2D eigenvalue weighted by Gasteiger charge is -2.45. The predicted molar refractivity (Wildman–Crippen MR) is 88.2 cm³/mol. The van der Waals surface area contributed by atoms with Crippen molar-refractivity contribution in [2.75, 3.05) is 26.2 Å². The summed E-state index contributed by atoms with van der Waals surface area (Å²) in [6.07, 6.45) is 5.53. The van der Waals surface area contributed by atoms with E-state index in [9.17, 15) is 4.79 Å². The number of carbonyl (C=O) groups excluding carboxylic acids is 1. The topological polar surface area (TPSA) is 23.6 Å². The third-order valence-corrected chi connectivity index (χ3v) is 5.83. The quantitative estimate of drug-likeness (QED) is 0.749. The van der Waals surface area contributed by atoms with E-state index < -0.39 is 0 Å². The fraction of sp³-hybridized carbons (Fsp3) is 0.944. The van der Waals surface area contributed by atoms with Crippen LogP contribution in [-0.4, -0.2) is 47.9 Å². The van der Waals surface area contributed by atoms with E-state index >= 15 is 0 Å². The lowest BCUT2D eigenvalue weighted by atomic mass is 9.83. The van der Waals surface area contributed by atoms with Crippen LogP contribution in [0.3, 0.4) is 0 Å². The van der Waals surface area contributed by atoms with E-state index in [1.165, 1.54) is 32.4 Å². The van der Waals surface area contributed by atoms with E-state index in [4.69, 9.17) is 0 Å². The van der Waals surface area contributed by atoms with Crippen LogP contribution >= 0.6 is 0 Å². The van der Waals surface area contributed by atoms with Crippen LogP contribution in [-0.2, 0) is 4.79 Å². The molecule has 1 atom stereocenters. The number of nitrogens with zero attached hydrogens (tertiary/aromatic N) is 2. The zero-order chi connectivity index (χ0) is 15.4. The number of rotatable bonds is 6. The molecule has 0 N–H and O–H groups in total. The highest BCUT2D eigenvalue weighted by atomic mass is 16.2. The van der Waals surface area contributed by atoms with Crippen LogP contribution in [0.2, 0.25) is 0 Å². The second kappa shape index (κ2) is 7.62. The Balaban J connectivity index is 1.63. The highest BCUT2D eigenvalue weighted by Crippen LogP contribution is 2.29. The van der Waals surface area contributed by atoms with Gasteiger partial charge in [0.1, 0.15) is 0 Å². The van der Waals surface area contributed by atoms with Crippen LogP contribution in [0.15, 0.2) is 0 Å². The monoisotopic (exact) mass is 294 g/mol. The zero-order valence-electron chi connectivity index (χ0n) is 14.5. The second-order valence-corrected chi connectivity index (χ2v) is 7.56. The molecule has 0 spiro atoms. The molecule has 1 unspecified atom stereocenters. The molecule has 3 heteroatoms. The summed E-state index contributed by atoms with van der Waals surface area (Å²) in [7, 11) is 0. The summed E-state index contributed by atoms with van der Waals surface area (Å²) in [5.41, 5.74) is 0. The van der Waals surface area contributed by atoms with Gasteiger partial charge in [-0.15, -0.1) is 0 Å². The molecular weight excluding hydrogens is 260 g/mol. The van der Waals surface area contributed by atoms with Crippen LogP contribution in [0.25, 0.3) is 0 Å². The molecule has 0 radical (unpaired) electrons. The molecule has 1 amide bonds. The first kappa shape index (κ1) is 16.8. The van der Waals surface area contributed by atoms with Gasteiger partial charge in [0.15, 0.2) is 0 Å². The average molecular weight is 294 g/mol. The first-order valence-corrected chi connectivity index (χ1v) is 9.03. The highest BCUT2D eigenvalue weighted by Gasteiger charge is 2.32. The molecule has 2 fully saturated rings. The lowest BCUT2D eigenvalue weighted by Crippen LogP contribution is -2.52. The van der Waals surface area contributed by atoms with Crippen molar-refractivity contribution >= 4 is 5.91 Å². The van der Waals surface area contributed by atoms with E-state index in [0.29, 0.717) is 17.9 Å². The van der Waals surface area contributed by atoms with Gasteiger partial charge in [-0.25, -0.2) is 0 Å². The maximum atomic E-state index is 12.3. The third-order valence-electron chi connectivity index (χ3n) is 5.83. The minimum Gasteiger partial charge on any atom is -0.343 e. The second-order valence-electron chi connectivity index (χ2n) is 7.56. The summed E-state index contributed by atoms with van der Waals surface area (Å²) in [5, 5.41) is 0. The summed E-state index contributed by atoms with van der Waals surface area (Å²) < 4.78 is 0. The fourth-order valence-electron chi connectivity index (χ4n) is 3.67. The molecule has 2 saturated heterocycles. The van der Waals surface area contributed by atoms with Gasteiger partial charge < -0.3 is 9.80 Å². The van der Waals surface area contributed by atoms with Gasteiger partial charge in [0, 0.05) is 38.6 Å². The minimum absolute atomic E-state index is 0.399. The van der Waals surface area contributed by atoms with Crippen molar-refractivity contribution in [2.45, 2.75) is 65.8 Å². The number of hydrogen-bond acceptors (Lipinski definition) is 2. The molecule has 0 aromatic rings. The summed E-state index contributed by atoms with van der Waals surface area (Å²) in [6, 6.07) is 0.676. The molecule has 2 heterocycles. The minimum atomic E-state index is 0.399. The van der Waals surface area contributed by atoms with Crippen LogP contribution in [0.5, 0.6) is 0 Å². The molecule has 21 heavy (non-hydrogen) atoms. The largest absolute Gasteiger partial charge is 0.343 e. The summed E-state index contributed by atoms with van der Waals surface area (Å²) in [4.78, 5) is 17.0. The SMILES string of the molecule is CCC1CCN(C(=O)CCC(C)C2CN(C(C)C)C2)CC1. The Labute approximate surface area is 131 Å². The summed E-state index contributed by atoms with van der Waals surface area (Å²) in [5.74, 6) is 2.75. The third kappa shape index (κ3) is 4.45. The van der Waals surface area contributed by atoms with Crippen molar-refractivity contribution in [3.8, 4) is 0 Å². The Morgan fingerprint density at radius 2 is 1.76 bits per heavy atom. The average Bonchev–Trinajstić information content (AvgIpc) is 2.42. The Morgan fingerprint density at radius 1 is 1.14 bits per heavy atom. The maximum Gasteiger partial charge on any atom is 0.222 e. The van der Waals surface area contributed by atoms with Crippen molar-refractivity contribution in [2.24, 2.45) is 17.8 Å². The van der Waals surface area contributed by atoms with Crippen molar-refractivity contribution in [1.82, 2.24) is 9.80 Å². The smallest absolute Gasteiger partial charge is 0.222 e. The van der Waals surface area contributed by atoms with Crippen molar-refractivity contribution in [1.29, 1.82) is 0 Å². The molecule has 2 aliphatic rings. The van der Waals surface area contributed by atoms with Crippen molar-refractivity contribution in [3.05, 3.63) is 0 Å². The van der Waals surface area contributed by atoms with Crippen molar-refractivity contribution < 1.29 is 4.79 Å². The van der Waals surface area contributed by atoms with Gasteiger partial charge in [-0.1, -0.05) is 20.3 Å². The summed E-state index contributed by atoms with van der Waals surface area (Å²) in [6.45, 7) is 13.6. The standard InChI is InChI=1S/C18H34N2O/c1-5-16-8-10-19(11-9-16)18(21)7-6-15(4)17-12-20(13-17)14(2)3/h14-17H,5-13H2,1-4H3. The normalized spacial score (nSPS) is 23.4. The molecular formula is C18H34N2O. The van der Waals surface area contributed by atoms with Crippen LogP contribution in [0, 0.1) is 17.8 Å². The van der Waals surface area contributed by atoms with E-state index in [-0.39, 0.29) is 0 Å². The van der Waals surface area contributed by atoms with Gasteiger partial charge in [-0.2, -0.15) is 0 Å². The van der Waals surface area contributed by atoms with E-state index in [1.54, 1.807) is 0 Å². The Hall–Kier alpha value is -0.570. The van der Waals surface area contributed by atoms with Gasteiger partial charge in [0.05, 0.1) is 0 Å². The summed E-state index contributed by atoms with van der Waals surface area (Å²) >= 11 is 0. The molecule has 0 aliphatic carbocycles. The van der Waals surface area contributed by atoms with E-state index in [0.717, 1.165) is 37.8 Å². The molecule has 2 aliphatic heterocycles. The lowest BCUT2D eigenvalue weighted by molar-refractivity contribution is -0.133. The maximum absolute atomic E-state index is 12.3. The van der Waals surface area contributed by atoms with Gasteiger partial charge in [-0.05, 0) is 50.9 Å². The molecule has 2 rings (SSSR count). The molecule has 0 bridgehead atoms. The van der Waals surface area contributed by atoms with Crippen molar-refractivity contribution in [3.63, 3.8) is 0 Å². The van der Waals surface area contributed by atoms with Gasteiger partial charge in [0.2, 0.25) is 5.91 Å². The Morgan fingerprint density at radius 3 is 2.29 bits per heavy atom. The number of amides is 1. The van der Waals surface area contributed by atoms with E-state index in [1.807, 2.05) is 0 Å². The number of piperidine rings is 1. The Kier molecular flexibility index (Phi) is 6.09. The van der Waals surface area contributed by atoms with Gasteiger partial charge >= 0.3 is 0 Å². The first-order chi connectivity index (χ1) is 10.0. The van der Waals surface area contributed by atoms with Crippen LogP contribution in [0.4, 0.5) is 0 Å². The highest BCUT2D eigenvalue weighted by molar-refractivity contribution is 5.76. The van der Waals surface area contributed by atoms with Crippen LogP contribution in [0.1, 0.15) is 59.8 Å². The number of hydrogen-bond donors (Lipinski definition) is 0. The molecule has 3 nitrogen and oxygen atoms in total. The zero-order valence-corrected chi connectivity index (χ0v) is 14.5. The number of carbonyl (C=O) groups is 1. The van der Waals surface area contributed by atoms with E-state index in [2.05, 4.69) is 37.5 Å². The van der Waals surface area contributed by atoms with Crippen LogP contribution < -0.4 is 0 Å². The predicted octanol–water partition coefficient (Wildman–Crippen LogP) is 3.39. The van der Waals surface area contributed by atoms with Gasteiger partial charge in [0.25, 0.3) is 0 Å². The molecule has 122 valence electrons.